The fourth-order valence-electron chi connectivity index (χ4n) is 3.62. The molecule has 0 fully saturated rings. The van der Waals surface area contributed by atoms with E-state index in [-0.39, 0.29) is 5.56 Å². The van der Waals surface area contributed by atoms with E-state index in [2.05, 4.69) is 10.3 Å². The van der Waals surface area contributed by atoms with Gasteiger partial charge in [-0.05, 0) is 42.0 Å². The smallest absolute Gasteiger partial charge is 0.267 e. The number of hydrogen-bond acceptors (Lipinski definition) is 3. The second kappa shape index (κ2) is 8.11. The highest BCUT2D eigenvalue weighted by molar-refractivity contribution is 6.33. The minimum atomic E-state index is -0.564. The zero-order valence-electron chi connectivity index (χ0n) is 16.7. The number of pyridine rings is 1. The molecule has 5 rings (SSSR count). The minimum Gasteiger partial charge on any atom is -0.366 e. The van der Waals surface area contributed by atoms with Crippen LogP contribution in [0.3, 0.4) is 0 Å². The maximum Gasteiger partial charge on any atom is 0.267 e. The number of hydrogen-bond donors (Lipinski definition) is 2. The summed E-state index contributed by atoms with van der Waals surface area (Å²) in [5.74, 6) is -0.564. The fourth-order valence-corrected chi connectivity index (χ4v) is 3.96. The van der Waals surface area contributed by atoms with Gasteiger partial charge >= 0.3 is 0 Å². The third-order valence-electron chi connectivity index (χ3n) is 5.12. The summed E-state index contributed by atoms with van der Waals surface area (Å²) in [7, 11) is 0. The molecule has 3 heterocycles. The Labute approximate surface area is 193 Å². The summed E-state index contributed by atoms with van der Waals surface area (Å²) in [5, 5.41) is 8.52. The summed E-state index contributed by atoms with van der Waals surface area (Å²) >= 11 is 12.1. The van der Waals surface area contributed by atoms with Crippen molar-refractivity contribution in [3.05, 3.63) is 94.2 Å². The van der Waals surface area contributed by atoms with Gasteiger partial charge in [0.2, 0.25) is 5.91 Å². The number of halogens is 2. The van der Waals surface area contributed by atoms with Crippen molar-refractivity contribution in [2.24, 2.45) is 5.73 Å². The molecule has 0 saturated heterocycles. The fraction of sp³-hybridized carbons (Fsp3) is 0.0435. The lowest BCUT2D eigenvalue weighted by Gasteiger charge is -2.02. The summed E-state index contributed by atoms with van der Waals surface area (Å²) in [5.41, 5.74) is 10.7. The van der Waals surface area contributed by atoms with Crippen LogP contribution in [0.1, 0.15) is 15.9 Å². The van der Waals surface area contributed by atoms with Crippen LogP contribution in [0, 0.1) is 0 Å². The number of carbonyl (C=O) groups excluding carboxylic acids is 1. The topological polar surface area (TPSA) is 93.0 Å². The van der Waals surface area contributed by atoms with Gasteiger partial charge < -0.3 is 5.73 Å². The van der Waals surface area contributed by atoms with Crippen LogP contribution in [0.2, 0.25) is 10.0 Å². The van der Waals surface area contributed by atoms with Crippen molar-refractivity contribution >= 4 is 34.8 Å². The highest BCUT2D eigenvalue weighted by Crippen LogP contribution is 2.31. The molecular formula is C23H17Cl2N6O+. The lowest BCUT2D eigenvalue weighted by molar-refractivity contribution is -0.745. The molecule has 158 valence electrons. The number of carbonyl (C=O) groups is 1. The summed E-state index contributed by atoms with van der Waals surface area (Å²) < 4.78 is 3.81. The van der Waals surface area contributed by atoms with E-state index in [0.29, 0.717) is 16.6 Å². The number of aromatic nitrogens is 5. The van der Waals surface area contributed by atoms with Crippen molar-refractivity contribution in [1.29, 1.82) is 0 Å². The van der Waals surface area contributed by atoms with E-state index in [0.717, 1.165) is 33.9 Å². The van der Waals surface area contributed by atoms with Gasteiger partial charge in [-0.1, -0.05) is 52.7 Å². The molecule has 0 saturated carbocycles. The Morgan fingerprint density at radius 3 is 2.69 bits per heavy atom. The number of benzene rings is 2. The average molecular weight is 464 g/mol. The van der Waals surface area contributed by atoms with Gasteiger partial charge in [0.25, 0.3) is 5.69 Å². The first-order chi connectivity index (χ1) is 15.5. The van der Waals surface area contributed by atoms with Crippen LogP contribution in [0.15, 0.2) is 73.1 Å². The predicted octanol–water partition coefficient (Wildman–Crippen LogP) is 4.13. The molecule has 0 radical (unpaired) electrons. The van der Waals surface area contributed by atoms with Crippen molar-refractivity contribution in [1.82, 2.24) is 19.7 Å². The van der Waals surface area contributed by atoms with Gasteiger partial charge in [0.05, 0.1) is 10.6 Å². The number of rotatable bonds is 5. The zero-order chi connectivity index (χ0) is 22.2. The summed E-state index contributed by atoms with van der Waals surface area (Å²) in [4.78, 5) is 16.4. The van der Waals surface area contributed by atoms with Crippen LogP contribution in [-0.4, -0.2) is 25.6 Å². The van der Waals surface area contributed by atoms with Crippen molar-refractivity contribution in [2.45, 2.75) is 6.54 Å². The molecule has 0 spiro atoms. The molecule has 0 aliphatic heterocycles. The van der Waals surface area contributed by atoms with E-state index in [1.165, 1.54) is 0 Å². The molecule has 0 bridgehead atoms. The first-order valence-corrected chi connectivity index (χ1v) is 10.5. The number of amides is 1. The largest absolute Gasteiger partial charge is 0.366 e. The van der Waals surface area contributed by atoms with E-state index < -0.39 is 5.91 Å². The molecule has 3 aromatic heterocycles. The molecule has 7 nitrogen and oxygen atoms in total. The molecule has 32 heavy (non-hydrogen) atoms. The van der Waals surface area contributed by atoms with Crippen LogP contribution >= 0.6 is 23.2 Å². The number of H-pyrrole nitrogens is 1. The van der Waals surface area contributed by atoms with Crippen LogP contribution in [-0.2, 0) is 6.54 Å². The Balaban J connectivity index is 1.56. The van der Waals surface area contributed by atoms with Crippen LogP contribution in [0.4, 0.5) is 0 Å². The van der Waals surface area contributed by atoms with Crippen molar-refractivity contribution < 1.29 is 9.48 Å². The van der Waals surface area contributed by atoms with E-state index in [4.69, 9.17) is 33.9 Å². The second-order valence-electron chi connectivity index (χ2n) is 7.28. The Bertz CT molecular complexity index is 1460. The van der Waals surface area contributed by atoms with Crippen molar-refractivity contribution in [2.75, 3.05) is 0 Å². The van der Waals surface area contributed by atoms with E-state index in [1.807, 2.05) is 70.0 Å². The third kappa shape index (κ3) is 3.72. The van der Waals surface area contributed by atoms with Crippen molar-refractivity contribution in [3.63, 3.8) is 0 Å². The van der Waals surface area contributed by atoms with Gasteiger partial charge in [-0.15, -0.1) is 0 Å². The second-order valence-corrected chi connectivity index (χ2v) is 8.12. The molecular weight excluding hydrogens is 447 g/mol. The molecule has 9 heteroatoms. The van der Waals surface area contributed by atoms with Crippen LogP contribution in [0.25, 0.3) is 28.3 Å². The van der Waals surface area contributed by atoms with Gasteiger partial charge in [0, 0.05) is 21.9 Å². The van der Waals surface area contributed by atoms with E-state index >= 15 is 0 Å². The molecule has 0 aliphatic rings. The first kappa shape index (κ1) is 20.2. The number of nitrogens with zero attached hydrogens (tertiary/aromatic N) is 4. The quantitative estimate of drug-likeness (QED) is 0.383. The van der Waals surface area contributed by atoms with Gasteiger partial charge in [0.15, 0.2) is 6.20 Å². The van der Waals surface area contributed by atoms with Gasteiger partial charge in [-0.2, -0.15) is 4.68 Å². The van der Waals surface area contributed by atoms with E-state index in [9.17, 15) is 4.79 Å². The molecule has 1 amide bonds. The SMILES string of the molecule is NC(=O)c1cc(C[n+]2cc(-c3c(-c4ccc(Cl)cc4)nc4ccccn34)n[nH]2)ccc1Cl. The number of imidazole rings is 1. The number of primary amides is 1. The summed E-state index contributed by atoms with van der Waals surface area (Å²) in [6.45, 7) is 0.456. The predicted molar refractivity (Wildman–Crippen MR) is 122 cm³/mol. The first-order valence-electron chi connectivity index (χ1n) is 9.76. The number of fused-ring (bicyclic) bond motifs is 1. The molecule has 0 atom stereocenters. The molecule has 0 unspecified atom stereocenters. The molecule has 2 aromatic carbocycles. The third-order valence-corrected chi connectivity index (χ3v) is 5.70. The zero-order valence-corrected chi connectivity index (χ0v) is 18.2. The number of aromatic amines is 1. The lowest BCUT2D eigenvalue weighted by atomic mass is 10.1. The molecule has 0 aliphatic carbocycles. The van der Waals surface area contributed by atoms with Crippen LogP contribution in [0.5, 0.6) is 0 Å². The Kier molecular flexibility index (Phi) is 5.13. The maximum atomic E-state index is 11.6. The lowest BCUT2D eigenvalue weighted by Crippen LogP contribution is -2.35. The minimum absolute atomic E-state index is 0.288. The van der Waals surface area contributed by atoms with Gasteiger partial charge in [0.1, 0.15) is 23.6 Å². The monoisotopic (exact) mass is 463 g/mol. The Morgan fingerprint density at radius 1 is 1.09 bits per heavy atom. The molecule has 3 N–H and O–H groups in total. The standard InChI is InChI=1S/C23H16Cl2N6O/c24-16-7-5-15(6-8-16)21-22(31-10-2-1-3-20(31)27-21)19-13-30(29-28-19)12-14-4-9-18(25)17(11-14)23(26)32/h1-11,13H,12H2,(H2,26,32)/p+1. The number of nitrogens with two attached hydrogens (primary N) is 1. The maximum absolute atomic E-state index is 11.6. The van der Waals surface area contributed by atoms with Gasteiger partial charge in [-0.3, -0.25) is 9.20 Å². The normalized spacial score (nSPS) is 11.2. The van der Waals surface area contributed by atoms with Crippen molar-refractivity contribution in [3.8, 4) is 22.6 Å². The molecule has 5 aromatic rings. The van der Waals surface area contributed by atoms with Gasteiger partial charge in [-0.25, -0.2) is 4.98 Å². The number of nitrogens with one attached hydrogen (secondary N) is 1. The van der Waals surface area contributed by atoms with Crippen LogP contribution < -0.4 is 10.4 Å². The Morgan fingerprint density at radius 2 is 1.91 bits per heavy atom. The summed E-state index contributed by atoms with van der Waals surface area (Å²) in [6, 6.07) is 18.6. The average Bonchev–Trinajstić information content (AvgIpc) is 3.39. The highest BCUT2D eigenvalue weighted by atomic mass is 35.5. The van der Waals surface area contributed by atoms with E-state index in [1.54, 1.807) is 12.1 Å². The summed E-state index contributed by atoms with van der Waals surface area (Å²) in [6.07, 6.45) is 3.85. The highest BCUT2D eigenvalue weighted by Gasteiger charge is 2.23. The Hall–Kier alpha value is -3.68.